The molecule has 1 aromatic heterocycles. The molecule has 0 saturated carbocycles. The number of aromatic nitrogens is 1. The molecular weight excluding hydrogens is 310 g/mol. The van der Waals surface area contributed by atoms with Crippen molar-refractivity contribution in [2.45, 2.75) is 32.2 Å². The number of ether oxygens (including phenoxy) is 1. The van der Waals surface area contributed by atoms with Gasteiger partial charge < -0.3 is 19.5 Å². The monoisotopic (exact) mass is 333 g/mol. The van der Waals surface area contributed by atoms with E-state index in [4.69, 9.17) is 4.74 Å². The van der Waals surface area contributed by atoms with Gasteiger partial charge in [0.2, 0.25) is 11.8 Å². The molecule has 2 bridgehead atoms. The van der Waals surface area contributed by atoms with Crippen molar-refractivity contribution < 1.29 is 14.3 Å². The van der Waals surface area contributed by atoms with Gasteiger partial charge in [0.25, 0.3) is 5.56 Å². The minimum Gasteiger partial charge on any atom is -0.384 e. The molecule has 24 heavy (non-hydrogen) atoms. The highest BCUT2D eigenvalue weighted by molar-refractivity contribution is 5.90. The Labute approximate surface area is 140 Å². The number of anilines is 1. The molecule has 1 N–H and O–H groups in total. The third-order valence-corrected chi connectivity index (χ3v) is 4.86. The van der Waals surface area contributed by atoms with Crippen LogP contribution >= 0.6 is 0 Å². The van der Waals surface area contributed by atoms with Gasteiger partial charge in [-0.2, -0.15) is 0 Å². The molecule has 130 valence electrons. The molecule has 0 aromatic carbocycles. The number of amides is 2. The third kappa shape index (κ3) is 3.21. The van der Waals surface area contributed by atoms with E-state index in [-0.39, 0.29) is 35.6 Å². The van der Waals surface area contributed by atoms with Crippen molar-refractivity contribution in [3.8, 4) is 0 Å². The van der Waals surface area contributed by atoms with Gasteiger partial charge in [-0.1, -0.05) is 0 Å². The average molecular weight is 333 g/mol. The van der Waals surface area contributed by atoms with E-state index >= 15 is 0 Å². The Morgan fingerprint density at radius 1 is 1.29 bits per heavy atom. The Bertz CT molecular complexity index is 712. The van der Waals surface area contributed by atoms with Crippen LogP contribution in [0.25, 0.3) is 0 Å². The van der Waals surface area contributed by atoms with Crippen LogP contribution in [0.2, 0.25) is 0 Å². The maximum absolute atomic E-state index is 12.7. The first kappa shape index (κ1) is 16.7. The van der Waals surface area contributed by atoms with Gasteiger partial charge in [0, 0.05) is 45.3 Å². The average Bonchev–Trinajstić information content (AvgIpc) is 2.55. The molecule has 7 nitrogen and oxygen atoms in total. The summed E-state index contributed by atoms with van der Waals surface area (Å²) in [5.41, 5.74) is 1.10. The summed E-state index contributed by atoms with van der Waals surface area (Å²) in [6, 6.07) is 3.57. The molecule has 0 radical (unpaired) electrons. The largest absolute Gasteiger partial charge is 0.384 e. The SMILES string of the molecule is COCCC(=O)Nc1ccc2n(c1=O)C[C@@H]1C[C@@H]2CN(C(C)=O)C1. The van der Waals surface area contributed by atoms with Crippen molar-refractivity contribution in [3.63, 3.8) is 0 Å². The van der Waals surface area contributed by atoms with E-state index in [1.54, 1.807) is 17.6 Å². The van der Waals surface area contributed by atoms with Crippen LogP contribution in [-0.2, 0) is 20.9 Å². The molecule has 7 heteroatoms. The molecule has 2 amide bonds. The first-order chi connectivity index (χ1) is 11.5. The number of hydrogen-bond acceptors (Lipinski definition) is 4. The Balaban J connectivity index is 1.83. The number of carbonyl (C=O) groups excluding carboxylic acids is 2. The molecular formula is C17H23N3O4. The minimum atomic E-state index is -0.228. The topological polar surface area (TPSA) is 80.6 Å². The smallest absolute Gasteiger partial charge is 0.274 e. The highest BCUT2D eigenvalue weighted by Gasteiger charge is 2.35. The second-order valence-electron chi connectivity index (χ2n) is 6.60. The van der Waals surface area contributed by atoms with Gasteiger partial charge in [0.1, 0.15) is 5.69 Å². The van der Waals surface area contributed by atoms with Crippen LogP contribution < -0.4 is 10.9 Å². The van der Waals surface area contributed by atoms with Crippen molar-refractivity contribution in [1.82, 2.24) is 9.47 Å². The van der Waals surface area contributed by atoms with E-state index in [0.29, 0.717) is 31.9 Å². The van der Waals surface area contributed by atoms with E-state index in [2.05, 4.69) is 5.32 Å². The lowest BCUT2D eigenvalue weighted by atomic mass is 9.83. The van der Waals surface area contributed by atoms with Gasteiger partial charge in [-0.3, -0.25) is 14.4 Å². The minimum absolute atomic E-state index is 0.0857. The molecule has 3 rings (SSSR count). The highest BCUT2D eigenvalue weighted by Crippen LogP contribution is 2.35. The number of likely N-dealkylation sites (tertiary alicyclic amines) is 1. The number of pyridine rings is 1. The maximum atomic E-state index is 12.7. The predicted octanol–water partition coefficient (Wildman–Crippen LogP) is 0.789. The first-order valence-electron chi connectivity index (χ1n) is 8.27. The van der Waals surface area contributed by atoms with Crippen LogP contribution in [0.15, 0.2) is 16.9 Å². The van der Waals surface area contributed by atoms with Crippen LogP contribution in [0.4, 0.5) is 5.69 Å². The number of nitrogens with one attached hydrogen (secondary N) is 1. The van der Waals surface area contributed by atoms with E-state index in [9.17, 15) is 14.4 Å². The number of methoxy groups -OCH3 is 1. The fourth-order valence-corrected chi connectivity index (χ4v) is 3.71. The van der Waals surface area contributed by atoms with Gasteiger partial charge in [0.05, 0.1) is 13.0 Å². The van der Waals surface area contributed by atoms with E-state index in [1.165, 1.54) is 7.11 Å². The summed E-state index contributed by atoms with van der Waals surface area (Å²) >= 11 is 0. The summed E-state index contributed by atoms with van der Waals surface area (Å²) < 4.78 is 6.64. The number of fused-ring (bicyclic) bond motifs is 4. The summed E-state index contributed by atoms with van der Waals surface area (Å²) in [5, 5.41) is 2.67. The first-order valence-corrected chi connectivity index (χ1v) is 8.27. The molecule has 3 heterocycles. The lowest BCUT2D eigenvalue weighted by Gasteiger charge is -2.42. The number of rotatable bonds is 4. The molecule has 2 aliphatic heterocycles. The zero-order chi connectivity index (χ0) is 17.3. The molecule has 1 saturated heterocycles. The number of hydrogen-bond donors (Lipinski definition) is 1. The van der Waals surface area contributed by atoms with E-state index in [1.807, 2.05) is 11.0 Å². The summed E-state index contributed by atoms with van der Waals surface area (Å²) in [6.45, 7) is 3.86. The van der Waals surface area contributed by atoms with E-state index < -0.39 is 0 Å². The van der Waals surface area contributed by atoms with Gasteiger partial charge in [-0.15, -0.1) is 0 Å². The molecule has 0 spiro atoms. The number of nitrogens with zero attached hydrogens (tertiary/aromatic N) is 2. The van der Waals surface area contributed by atoms with Crippen LogP contribution in [0.5, 0.6) is 0 Å². The highest BCUT2D eigenvalue weighted by atomic mass is 16.5. The van der Waals surface area contributed by atoms with Crippen molar-refractivity contribution in [2.75, 3.05) is 32.1 Å². The van der Waals surface area contributed by atoms with Gasteiger partial charge >= 0.3 is 0 Å². The Kier molecular flexibility index (Phi) is 4.71. The van der Waals surface area contributed by atoms with Crippen LogP contribution in [0, 0.1) is 5.92 Å². The summed E-state index contributed by atoms with van der Waals surface area (Å²) in [4.78, 5) is 38.1. The molecule has 0 aliphatic carbocycles. The third-order valence-electron chi connectivity index (χ3n) is 4.86. The molecule has 1 aromatic rings. The zero-order valence-electron chi connectivity index (χ0n) is 14.1. The molecule has 1 fully saturated rings. The second-order valence-corrected chi connectivity index (χ2v) is 6.60. The Morgan fingerprint density at radius 3 is 2.79 bits per heavy atom. The quantitative estimate of drug-likeness (QED) is 0.883. The fourth-order valence-electron chi connectivity index (χ4n) is 3.71. The van der Waals surface area contributed by atoms with Gasteiger partial charge in [-0.25, -0.2) is 0 Å². The van der Waals surface area contributed by atoms with Crippen molar-refractivity contribution in [3.05, 3.63) is 28.2 Å². The number of piperidine rings is 1. The van der Waals surface area contributed by atoms with Crippen LogP contribution in [0.1, 0.15) is 31.4 Å². The van der Waals surface area contributed by atoms with Crippen LogP contribution in [0.3, 0.4) is 0 Å². The van der Waals surface area contributed by atoms with Gasteiger partial charge in [-0.05, 0) is 24.5 Å². The Morgan fingerprint density at radius 2 is 2.08 bits per heavy atom. The lowest BCUT2D eigenvalue weighted by molar-refractivity contribution is -0.131. The lowest BCUT2D eigenvalue weighted by Crippen LogP contribution is -2.48. The second kappa shape index (κ2) is 6.76. The molecule has 0 unspecified atom stereocenters. The standard InChI is InChI=1S/C17H23N3O4/c1-11(21)19-8-12-7-13(10-19)15-4-3-14(17(23)20(15)9-12)18-16(22)5-6-24-2/h3-4,12-13H,5-10H2,1-2H3,(H,18,22)/t12-,13-/m1/s1. The van der Waals surface area contributed by atoms with Crippen molar-refractivity contribution in [2.24, 2.45) is 5.92 Å². The van der Waals surface area contributed by atoms with Gasteiger partial charge in [0.15, 0.2) is 0 Å². The van der Waals surface area contributed by atoms with Crippen LogP contribution in [-0.4, -0.2) is 48.1 Å². The Hall–Kier alpha value is -2.15. The maximum Gasteiger partial charge on any atom is 0.274 e. The van der Waals surface area contributed by atoms with E-state index in [0.717, 1.165) is 12.1 Å². The summed E-state index contributed by atoms with van der Waals surface area (Å²) in [6.07, 6.45) is 1.22. The molecule has 2 aliphatic rings. The molecule has 2 atom stereocenters. The number of carbonyl (C=O) groups is 2. The zero-order valence-corrected chi connectivity index (χ0v) is 14.1. The van der Waals surface area contributed by atoms with Crippen molar-refractivity contribution in [1.29, 1.82) is 0 Å². The van der Waals surface area contributed by atoms with Crippen molar-refractivity contribution >= 4 is 17.5 Å². The summed E-state index contributed by atoms with van der Waals surface area (Å²) in [5.74, 6) is 0.334. The predicted molar refractivity (Wildman–Crippen MR) is 88.9 cm³/mol. The summed E-state index contributed by atoms with van der Waals surface area (Å²) in [7, 11) is 1.53. The fraction of sp³-hybridized carbons (Fsp3) is 0.588. The normalized spacial score (nSPS) is 22.0.